The van der Waals surface area contributed by atoms with E-state index in [4.69, 9.17) is 61.1 Å². The zero-order valence-corrected chi connectivity index (χ0v) is 34.6. The Kier molecular flexibility index (Phi) is 11.0. The number of imidazole rings is 2. The molecule has 4 aromatic rings. The maximum atomic E-state index is 12.6. The first-order valence-corrected chi connectivity index (χ1v) is 25.3. The lowest BCUT2D eigenvalue weighted by atomic mass is 9.70. The summed E-state index contributed by atoms with van der Waals surface area (Å²) in [6, 6.07) is 1.90. The Morgan fingerprint density at radius 1 is 1.07 bits per heavy atom. The molecule has 1 aliphatic carbocycles. The van der Waals surface area contributed by atoms with Gasteiger partial charge in [0.1, 0.15) is 30.2 Å². The highest BCUT2D eigenvalue weighted by Crippen LogP contribution is 2.58. The van der Waals surface area contributed by atoms with Gasteiger partial charge < -0.3 is 47.4 Å². The maximum Gasteiger partial charge on any atom is 0.327 e. The van der Waals surface area contributed by atoms with E-state index in [0.29, 0.717) is 17.6 Å². The van der Waals surface area contributed by atoms with E-state index in [1.54, 1.807) is 10.9 Å². The number of rotatable bonds is 7. The molecule has 292 valence electrons. The number of nitriles is 1. The quantitative estimate of drug-likeness (QED) is 0.136. The Balaban J connectivity index is 1.25. The predicted octanol–water partition coefficient (Wildman–Crippen LogP) is 3.83. The van der Waals surface area contributed by atoms with Gasteiger partial charge in [-0.1, -0.05) is 20.8 Å². The first-order chi connectivity index (χ1) is 25.5. The number of nitrogens with one attached hydrogen (secondary N) is 1. The summed E-state index contributed by atoms with van der Waals surface area (Å²) in [6.07, 6.45) is 2.56. The molecule has 54 heavy (non-hydrogen) atoms. The number of aromatic amines is 1. The lowest BCUT2D eigenvalue weighted by molar-refractivity contribution is -0.0479. The molecular weight excluding hydrogens is 799 g/mol. The first kappa shape index (κ1) is 39.6. The predicted molar refractivity (Wildman–Crippen MR) is 204 cm³/mol. The zero-order valence-electron chi connectivity index (χ0n) is 30.2. The van der Waals surface area contributed by atoms with E-state index in [9.17, 15) is 14.9 Å². The summed E-state index contributed by atoms with van der Waals surface area (Å²) in [6.45, 7) is 2.70. The second kappa shape index (κ2) is 15.0. The molecule has 0 amide bonds. The van der Waals surface area contributed by atoms with Crippen molar-refractivity contribution in [2.75, 3.05) is 32.2 Å². The van der Waals surface area contributed by atoms with Crippen LogP contribution < -0.4 is 11.3 Å². The van der Waals surface area contributed by atoms with E-state index in [0.717, 1.165) is 0 Å². The summed E-state index contributed by atoms with van der Waals surface area (Å²) in [5.74, 6) is -0.148. The molecule has 3 aliphatic rings. The van der Waals surface area contributed by atoms with Crippen LogP contribution in [0.1, 0.15) is 45.9 Å². The van der Waals surface area contributed by atoms with E-state index in [1.165, 1.54) is 19.0 Å². The molecule has 0 radical (unpaired) electrons. The van der Waals surface area contributed by atoms with Crippen molar-refractivity contribution in [1.82, 2.24) is 39.0 Å². The van der Waals surface area contributed by atoms with Gasteiger partial charge in [0.2, 0.25) is 0 Å². The van der Waals surface area contributed by atoms with Gasteiger partial charge in [0.15, 0.2) is 37.2 Å². The molecule has 4 aromatic heterocycles. The van der Waals surface area contributed by atoms with Crippen LogP contribution in [0.25, 0.3) is 22.3 Å². The minimum absolute atomic E-state index is 0.0155. The Morgan fingerprint density at radius 2 is 1.80 bits per heavy atom. The zero-order chi connectivity index (χ0) is 38.6. The van der Waals surface area contributed by atoms with Gasteiger partial charge >= 0.3 is 13.4 Å². The van der Waals surface area contributed by atoms with Crippen molar-refractivity contribution >= 4 is 73.5 Å². The minimum atomic E-state index is -3.86. The third-order valence-electron chi connectivity index (χ3n) is 10.5. The van der Waals surface area contributed by atoms with Gasteiger partial charge in [-0.25, -0.2) is 24.9 Å². The fourth-order valence-corrected chi connectivity index (χ4v) is 11.1. The molecular formula is C30H42N10O9P2S2Si. The molecule has 3 fully saturated rings. The van der Waals surface area contributed by atoms with Crippen molar-refractivity contribution in [3.8, 4) is 6.07 Å². The molecule has 0 bridgehead atoms. The first-order valence-electron chi connectivity index (χ1n) is 17.2. The summed E-state index contributed by atoms with van der Waals surface area (Å²) < 4.78 is 48.5. The van der Waals surface area contributed by atoms with Crippen molar-refractivity contribution in [3.63, 3.8) is 0 Å². The van der Waals surface area contributed by atoms with Crippen molar-refractivity contribution in [3.05, 3.63) is 35.7 Å². The smallest absolute Gasteiger partial charge is 0.327 e. The lowest BCUT2D eigenvalue weighted by Gasteiger charge is -2.45. The minimum Gasteiger partial charge on any atom is -0.407 e. The van der Waals surface area contributed by atoms with Gasteiger partial charge in [-0.05, 0) is 54.1 Å². The van der Waals surface area contributed by atoms with Crippen LogP contribution in [0.4, 0.5) is 5.82 Å². The molecule has 24 heteroatoms. The number of H-pyrrole nitrogens is 1. The van der Waals surface area contributed by atoms with Crippen LogP contribution in [0.2, 0.25) is 18.1 Å². The molecule has 7 rings (SSSR count). The Bertz CT molecular complexity index is 2230. The summed E-state index contributed by atoms with van der Waals surface area (Å²) in [7, 11) is -2.61. The molecule has 6 heterocycles. The van der Waals surface area contributed by atoms with E-state index in [1.807, 2.05) is 4.57 Å². The number of aromatic nitrogens is 8. The van der Waals surface area contributed by atoms with Crippen molar-refractivity contribution in [2.24, 2.45) is 11.8 Å². The fraction of sp³-hybridized carbons (Fsp3) is 0.633. The molecule has 0 spiro atoms. The van der Waals surface area contributed by atoms with E-state index >= 15 is 0 Å². The number of hydrogen-bond donors (Lipinski definition) is 3. The summed E-state index contributed by atoms with van der Waals surface area (Å²) in [4.78, 5) is 48.1. The van der Waals surface area contributed by atoms with Crippen LogP contribution >= 0.6 is 13.4 Å². The fourth-order valence-electron chi connectivity index (χ4n) is 6.56. The van der Waals surface area contributed by atoms with E-state index in [-0.39, 0.29) is 72.7 Å². The van der Waals surface area contributed by atoms with Crippen LogP contribution in [0, 0.1) is 23.2 Å². The van der Waals surface area contributed by atoms with Crippen LogP contribution in [-0.2, 0) is 55.4 Å². The van der Waals surface area contributed by atoms with E-state index < -0.39 is 51.9 Å². The highest BCUT2D eigenvalue weighted by Gasteiger charge is 2.55. The van der Waals surface area contributed by atoms with Gasteiger partial charge in [0.25, 0.3) is 5.56 Å². The SMILES string of the molecule is CC(C)(C)[Si](C)(C)OC1[C@H](n2cnc3c(=O)[nH]cnc32)O[C@@H]2COP(O)(=S)OC[C@@H]3[C@@H](COP(=S)(OCCC#N)O[C@@H]12)C[C@H]3n1cnc2c(N)ncnc21. The number of nitrogen functional groups attached to an aromatic ring is 1. The number of nitrogens with two attached hydrogens (primary N) is 1. The van der Waals surface area contributed by atoms with Crippen molar-refractivity contribution in [1.29, 1.82) is 5.26 Å². The van der Waals surface area contributed by atoms with Crippen LogP contribution in [0.3, 0.4) is 0 Å². The summed E-state index contributed by atoms with van der Waals surface area (Å²) in [5.41, 5.74) is 7.01. The van der Waals surface area contributed by atoms with E-state index in [2.05, 4.69) is 69.8 Å². The molecule has 2 saturated heterocycles. The molecule has 0 aromatic carbocycles. The number of nitrogens with zero attached hydrogens (tertiary/aromatic N) is 8. The second-order valence-corrected chi connectivity index (χ2v) is 25.4. The average Bonchev–Trinajstić information content (AvgIpc) is 3.80. The molecule has 4 N–H and O–H groups in total. The normalized spacial score (nSPS) is 32.5. The molecule has 2 aliphatic heterocycles. The van der Waals surface area contributed by atoms with Gasteiger partial charge in [0, 0.05) is 12.0 Å². The van der Waals surface area contributed by atoms with Crippen LogP contribution in [0.15, 0.2) is 30.1 Å². The Hall–Kier alpha value is -2.61. The van der Waals surface area contributed by atoms with Crippen LogP contribution in [0.5, 0.6) is 0 Å². The number of hydrogen-bond acceptors (Lipinski definition) is 17. The molecule has 1 saturated carbocycles. The summed E-state index contributed by atoms with van der Waals surface area (Å²) >= 11 is 11.6. The third-order valence-corrected chi connectivity index (χ3v) is 19.0. The molecule has 19 nitrogen and oxygen atoms in total. The standard InChI is InChI=1S/C30H42N10O9P2S2Si/c1-30(2,3)54(4,5)49-24-23-20(47-29(24)40-16-38-22-27(40)35-14-36-28(22)41)12-45-50(42,52)44-11-18-17(10-46-51(53,48-23)43-8-6-7-31)9-19(18)39-15-37-21-25(32)33-13-34-26(21)39/h13-20,23-24,29H,6,8-12H2,1-5H3,(H,42,52)(H2,32,33,34)(H,35,36,41)/t17-,18-,19-,20-,23-,24?,29-,50?,51?/m1/s1. The monoisotopic (exact) mass is 840 g/mol. The number of ether oxygens (including phenoxy) is 1. The topological polar surface area (TPSA) is 242 Å². The number of fused-ring (bicyclic) bond motifs is 4. The average molecular weight is 841 g/mol. The van der Waals surface area contributed by atoms with Crippen molar-refractivity contribution in [2.45, 2.75) is 82.3 Å². The van der Waals surface area contributed by atoms with Gasteiger partial charge in [-0.3, -0.25) is 13.9 Å². The summed E-state index contributed by atoms with van der Waals surface area (Å²) in [5, 5.41) is 9.10. The van der Waals surface area contributed by atoms with Gasteiger partial charge in [-0.2, -0.15) is 5.26 Å². The van der Waals surface area contributed by atoms with Crippen molar-refractivity contribution < 1.29 is 36.7 Å². The molecule has 3 unspecified atom stereocenters. The Morgan fingerprint density at radius 3 is 2.56 bits per heavy atom. The largest absolute Gasteiger partial charge is 0.407 e. The van der Waals surface area contributed by atoms with Gasteiger partial charge in [0.05, 0.1) is 57.9 Å². The van der Waals surface area contributed by atoms with Gasteiger partial charge in [-0.15, -0.1) is 0 Å². The van der Waals surface area contributed by atoms with Crippen LogP contribution in [-0.4, -0.2) is 97.0 Å². The second-order valence-electron chi connectivity index (χ2n) is 14.9. The highest BCUT2D eigenvalue weighted by molar-refractivity contribution is 8.07. The Labute approximate surface area is 321 Å². The number of anilines is 1. The third kappa shape index (κ3) is 7.72. The molecule has 9 atom stereocenters. The highest BCUT2D eigenvalue weighted by atomic mass is 32.5. The maximum absolute atomic E-state index is 12.6. The lowest BCUT2D eigenvalue weighted by Crippen LogP contribution is -2.49.